The quantitative estimate of drug-likeness (QED) is 0.0222. The summed E-state index contributed by atoms with van der Waals surface area (Å²) in [6.07, 6.45) is 35.0. The number of phosphoric acid groups is 2. The van der Waals surface area contributed by atoms with Crippen LogP contribution in [0.3, 0.4) is 0 Å². The SMILES string of the molecule is CCCCCCCCCC(=O)OC[C@H](COP(=O)(O)OC[C@H](O)COP(=O)(O)OC[C@@H](COC(=O)CCCCCCCCCCCC(C)C)OC(=O)CCCCCCCCCCCCC(C)C)OC(=O)CCCCCCCCC(C)CC. The predicted molar refractivity (Wildman–Crippen MR) is 326 cm³/mol. The number of hydrogen-bond acceptors (Lipinski definition) is 15. The van der Waals surface area contributed by atoms with E-state index in [1.807, 2.05) is 0 Å². The van der Waals surface area contributed by atoms with Gasteiger partial charge in [0.05, 0.1) is 26.4 Å². The second kappa shape index (κ2) is 54.5. The van der Waals surface area contributed by atoms with Crippen LogP contribution in [0, 0.1) is 17.8 Å². The molecular weight excluding hydrogens is 1090 g/mol. The van der Waals surface area contributed by atoms with E-state index in [1.54, 1.807) is 0 Å². The molecule has 0 heterocycles. The molecule has 3 unspecified atom stereocenters. The summed E-state index contributed by atoms with van der Waals surface area (Å²) >= 11 is 0. The van der Waals surface area contributed by atoms with Gasteiger partial charge in [-0.1, -0.05) is 254 Å². The Morgan fingerprint density at radius 2 is 0.622 bits per heavy atom. The van der Waals surface area contributed by atoms with Crippen molar-refractivity contribution in [3.05, 3.63) is 0 Å². The summed E-state index contributed by atoms with van der Waals surface area (Å²) in [5.74, 6) is 0.0728. The van der Waals surface area contributed by atoms with Crippen LogP contribution < -0.4 is 0 Å². The molecule has 0 saturated heterocycles. The third-order valence-electron chi connectivity index (χ3n) is 14.7. The van der Waals surface area contributed by atoms with Crippen LogP contribution in [0.1, 0.15) is 305 Å². The summed E-state index contributed by atoms with van der Waals surface area (Å²) in [5, 5.41) is 10.5. The lowest BCUT2D eigenvalue weighted by molar-refractivity contribution is -0.161. The Bertz CT molecular complexity index is 1630. The molecule has 0 aromatic heterocycles. The minimum absolute atomic E-state index is 0.102. The number of carbonyl (C=O) groups is 4. The number of ether oxygens (including phenoxy) is 4. The highest BCUT2D eigenvalue weighted by Crippen LogP contribution is 2.45. The van der Waals surface area contributed by atoms with Crippen molar-refractivity contribution < 1.29 is 80.2 Å². The maximum absolute atomic E-state index is 13.0. The maximum Gasteiger partial charge on any atom is 0.472 e. The molecule has 0 radical (unpaired) electrons. The van der Waals surface area contributed by atoms with Gasteiger partial charge < -0.3 is 33.8 Å². The molecule has 82 heavy (non-hydrogen) atoms. The first-order valence-electron chi connectivity index (χ1n) is 32.9. The zero-order chi connectivity index (χ0) is 61.0. The maximum atomic E-state index is 13.0. The van der Waals surface area contributed by atoms with Crippen molar-refractivity contribution >= 4 is 39.5 Å². The van der Waals surface area contributed by atoms with E-state index in [-0.39, 0.29) is 25.7 Å². The minimum atomic E-state index is -4.94. The van der Waals surface area contributed by atoms with Crippen molar-refractivity contribution in [2.45, 2.75) is 324 Å². The van der Waals surface area contributed by atoms with Gasteiger partial charge >= 0.3 is 39.5 Å². The van der Waals surface area contributed by atoms with Gasteiger partial charge in [0.25, 0.3) is 0 Å². The molecule has 19 heteroatoms. The molecule has 0 saturated carbocycles. The number of esters is 4. The second-order valence-corrected chi connectivity index (χ2v) is 26.9. The fraction of sp³-hybridized carbons (Fsp3) is 0.937. The lowest BCUT2D eigenvalue weighted by Gasteiger charge is -2.21. The summed E-state index contributed by atoms with van der Waals surface area (Å²) in [4.78, 5) is 72.1. The third kappa shape index (κ3) is 55.9. The standard InChI is InChI=1S/C63H122O17P2/c1-8-10-11-12-20-30-37-44-60(65)73-50-59(80-63(68)47-40-33-26-25-29-36-43-56(7)9-2)53-78-82(71,72)76-49-57(64)48-75-81(69,70)77-52-58(51-74-61(66)45-38-31-23-19-15-17-22-28-35-42-55(5)6)79-62(67)46-39-32-24-18-14-13-16-21-27-34-41-54(3)4/h54-59,64H,8-53H2,1-7H3,(H,69,70)(H,71,72)/t56?,57-,58-,59-/m1/s1. The Balaban J connectivity index is 5.23. The van der Waals surface area contributed by atoms with Crippen LogP contribution in [0.15, 0.2) is 0 Å². The van der Waals surface area contributed by atoms with Crippen LogP contribution >= 0.6 is 15.6 Å². The van der Waals surface area contributed by atoms with Crippen LogP contribution in [0.5, 0.6) is 0 Å². The van der Waals surface area contributed by atoms with Crippen LogP contribution in [0.2, 0.25) is 0 Å². The molecule has 17 nitrogen and oxygen atoms in total. The van der Waals surface area contributed by atoms with Crippen molar-refractivity contribution in [1.29, 1.82) is 0 Å². The molecule has 0 amide bonds. The van der Waals surface area contributed by atoms with Crippen LogP contribution in [-0.4, -0.2) is 96.7 Å². The molecule has 0 aliphatic carbocycles. The molecule has 0 spiro atoms. The molecule has 0 aromatic rings. The topological polar surface area (TPSA) is 237 Å². The number of aliphatic hydroxyl groups is 1. The number of carbonyl (C=O) groups excluding carboxylic acids is 4. The number of hydrogen-bond donors (Lipinski definition) is 3. The van der Waals surface area contributed by atoms with E-state index in [9.17, 15) is 43.2 Å². The average molecular weight is 1210 g/mol. The van der Waals surface area contributed by atoms with E-state index >= 15 is 0 Å². The normalized spacial score (nSPS) is 14.7. The molecule has 0 aliphatic rings. The largest absolute Gasteiger partial charge is 0.472 e. The van der Waals surface area contributed by atoms with Crippen molar-refractivity contribution in [1.82, 2.24) is 0 Å². The first-order chi connectivity index (χ1) is 39.3. The highest BCUT2D eigenvalue weighted by molar-refractivity contribution is 7.47. The van der Waals surface area contributed by atoms with Gasteiger partial charge in [0, 0.05) is 25.7 Å². The Morgan fingerprint density at radius 1 is 0.354 bits per heavy atom. The molecule has 3 N–H and O–H groups in total. The lowest BCUT2D eigenvalue weighted by atomic mass is 10.00. The smallest absolute Gasteiger partial charge is 0.462 e. The number of unbranched alkanes of at least 4 members (excludes halogenated alkanes) is 28. The zero-order valence-electron chi connectivity index (χ0n) is 52.9. The molecule has 0 rings (SSSR count). The first-order valence-corrected chi connectivity index (χ1v) is 35.9. The van der Waals surface area contributed by atoms with Crippen molar-refractivity contribution in [2.24, 2.45) is 17.8 Å². The second-order valence-electron chi connectivity index (χ2n) is 24.0. The lowest BCUT2D eigenvalue weighted by Crippen LogP contribution is -2.30. The van der Waals surface area contributed by atoms with Gasteiger partial charge in [-0.3, -0.25) is 37.3 Å². The number of rotatable bonds is 61. The molecule has 0 fully saturated rings. The average Bonchev–Trinajstić information content (AvgIpc) is 3.44. The van der Waals surface area contributed by atoms with E-state index in [0.717, 1.165) is 120 Å². The summed E-state index contributed by atoms with van der Waals surface area (Å²) in [6, 6.07) is 0. The molecule has 0 aromatic carbocycles. The van der Waals surface area contributed by atoms with Gasteiger partial charge in [0.15, 0.2) is 12.2 Å². The van der Waals surface area contributed by atoms with Gasteiger partial charge in [0.1, 0.15) is 19.3 Å². The first kappa shape index (κ1) is 80.1. The van der Waals surface area contributed by atoms with E-state index in [2.05, 4.69) is 48.5 Å². The highest BCUT2D eigenvalue weighted by atomic mass is 31.2. The van der Waals surface area contributed by atoms with Crippen molar-refractivity contribution in [3.63, 3.8) is 0 Å². The monoisotopic (exact) mass is 1210 g/mol. The van der Waals surface area contributed by atoms with Crippen LogP contribution in [0.4, 0.5) is 0 Å². The Morgan fingerprint density at radius 3 is 0.927 bits per heavy atom. The molecule has 486 valence electrons. The van der Waals surface area contributed by atoms with Gasteiger partial charge in [0.2, 0.25) is 0 Å². The summed E-state index contributed by atoms with van der Waals surface area (Å²) in [6.45, 7) is 11.7. The Kier molecular flexibility index (Phi) is 53.2. The Labute approximate surface area is 498 Å². The fourth-order valence-corrected chi connectivity index (χ4v) is 10.9. The molecule has 0 bridgehead atoms. The summed E-state index contributed by atoms with van der Waals surface area (Å²) in [7, 11) is -9.88. The van der Waals surface area contributed by atoms with Gasteiger partial charge in [-0.05, 0) is 43.4 Å². The Hall–Kier alpha value is -1.94. The molecular formula is C63H122O17P2. The third-order valence-corrected chi connectivity index (χ3v) is 16.6. The van der Waals surface area contributed by atoms with Crippen LogP contribution in [0.25, 0.3) is 0 Å². The van der Waals surface area contributed by atoms with E-state index in [0.29, 0.717) is 25.7 Å². The van der Waals surface area contributed by atoms with Gasteiger partial charge in [-0.15, -0.1) is 0 Å². The minimum Gasteiger partial charge on any atom is -0.462 e. The van der Waals surface area contributed by atoms with E-state index in [4.69, 9.17) is 37.0 Å². The number of aliphatic hydroxyl groups excluding tert-OH is 1. The van der Waals surface area contributed by atoms with Crippen LogP contribution in [-0.2, 0) is 65.4 Å². The van der Waals surface area contributed by atoms with E-state index < -0.39 is 97.5 Å². The fourth-order valence-electron chi connectivity index (χ4n) is 9.27. The van der Waals surface area contributed by atoms with Gasteiger partial charge in [-0.2, -0.15) is 0 Å². The predicted octanol–water partition coefficient (Wildman–Crippen LogP) is 17.1. The highest BCUT2D eigenvalue weighted by Gasteiger charge is 2.30. The number of phosphoric ester groups is 2. The zero-order valence-corrected chi connectivity index (χ0v) is 54.7. The summed E-state index contributed by atoms with van der Waals surface area (Å²) < 4.78 is 67.9. The molecule has 6 atom stereocenters. The van der Waals surface area contributed by atoms with E-state index in [1.165, 1.54) is 103 Å². The molecule has 0 aliphatic heterocycles. The van der Waals surface area contributed by atoms with Crippen molar-refractivity contribution in [3.8, 4) is 0 Å². The van der Waals surface area contributed by atoms with Gasteiger partial charge in [-0.25, -0.2) is 9.13 Å². The summed E-state index contributed by atoms with van der Waals surface area (Å²) in [5.41, 5.74) is 0. The van der Waals surface area contributed by atoms with Crippen molar-refractivity contribution in [2.75, 3.05) is 39.6 Å².